The van der Waals surface area contributed by atoms with Crippen LogP contribution in [-0.2, 0) is 0 Å². The van der Waals surface area contributed by atoms with Crippen molar-refractivity contribution >= 4 is 10.8 Å². The Labute approximate surface area is 93.5 Å². The summed E-state index contributed by atoms with van der Waals surface area (Å²) in [5.41, 5.74) is 6.33. The lowest BCUT2D eigenvalue weighted by Crippen LogP contribution is -2.24. The van der Waals surface area contributed by atoms with Gasteiger partial charge in [0.05, 0.1) is 6.10 Å². The first kappa shape index (κ1) is 11.0. The quantitative estimate of drug-likeness (QED) is 0.814. The number of halogens is 1. The second kappa shape index (κ2) is 4.20. The minimum atomic E-state index is -0.773. The summed E-state index contributed by atoms with van der Waals surface area (Å²) in [5, 5.41) is 11.2. The SMILES string of the molecule is C[C@@H](N)[C@@H](O)c1ccc(F)c2ccccc12. The van der Waals surface area contributed by atoms with Crippen LogP contribution in [0.4, 0.5) is 4.39 Å². The minimum Gasteiger partial charge on any atom is -0.387 e. The monoisotopic (exact) mass is 219 g/mol. The van der Waals surface area contributed by atoms with E-state index in [9.17, 15) is 9.50 Å². The molecule has 0 saturated heterocycles. The highest BCUT2D eigenvalue weighted by atomic mass is 19.1. The molecule has 16 heavy (non-hydrogen) atoms. The van der Waals surface area contributed by atoms with Gasteiger partial charge in [-0.25, -0.2) is 4.39 Å². The molecule has 0 aliphatic heterocycles. The van der Waals surface area contributed by atoms with Gasteiger partial charge in [-0.1, -0.05) is 30.3 Å². The number of fused-ring (bicyclic) bond motifs is 1. The van der Waals surface area contributed by atoms with Gasteiger partial charge in [0.2, 0.25) is 0 Å². The van der Waals surface area contributed by atoms with Crippen molar-refractivity contribution in [1.82, 2.24) is 0 Å². The number of aliphatic hydroxyl groups is 1. The lowest BCUT2D eigenvalue weighted by Gasteiger charge is -2.17. The van der Waals surface area contributed by atoms with E-state index in [4.69, 9.17) is 5.73 Å². The van der Waals surface area contributed by atoms with E-state index < -0.39 is 6.10 Å². The van der Waals surface area contributed by atoms with Crippen LogP contribution < -0.4 is 5.73 Å². The molecule has 0 aromatic heterocycles. The molecule has 2 rings (SSSR count). The van der Waals surface area contributed by atoms with E-state index in [0.29, 0.717) is 16.3 Å². The second-order valence-corrected chi connectivity index (χ2v) is 3.99. The normalized spacial score (nSPS) is 15.0. The van der Waals surface area contributed by atoms with Crippen molar-refractivity contribution in [3.63, 3.8) is 0 Å². The molecule has 2 aromatic carbocycles. The molecule has 2 nitrogen and oxygen atoms in total. The van der Waals surface area contributed by atoms with Crippen LogP contribution in [0.1, 0.15) is 18.6 Å². The van der Waals surface area contributed by atoms with E-state index in [1.807, 2.05) is 6.07 Å². The first-order valence-electron chi connectivity index (χ1n) is 5.22. The van der Waals surface area contributed by atoms with E-state index in [1.54, 1.807) is 31.2 Å². The fourth-order valence-electron chi connectivity index (χ4n) is 1.83. The lowest BCUT2D eigenvalue weighted by molar-refractivity contribution is 0.155. The van der Waals surface area contributed by atoms with Gasteiger partial charge >= 0.3 is 0 Å². The highest BCUT2D eigenvalue weighted by Crippen LogP contribution is 2.27. The average molecular weight is 219 g/mol. The van der Waals surface area contributed by atoms with Crippen molar-refractivity contribution in [1.29, 1.82) is 0 Å². The standard InChI is InChI=1S/C13H14FNO/c1-8(15)13(16)11-6-7-12(14)10-5-3-2-4-9(10)11/h2-8,13,16H,15H2,1H3/t8-,13-/m1/s1. The minimum absolute atomic E-state index is 0.281. The maximum absolute atomic E-state index is 13.5. The van der Waals surface area contributed by atoms with E-state index in [0.717, 1.165) is 0 Å². The van der Waals surface area contributed by atoms with Gasteiger partial charge in [0.25, 0.3) is 0 Å². The van der Waals surface area contributed by atoms with Crippen LogP contribution in [0.5, 0.6) is 0 Å². The molecule has 2 atom stereocenters. The molecule has 2 aromatic rings. The Bertz CT molecular complexity index is 510. The van der Waals surface area contributed by atoms with Crippen molar-refractivity contribution in [2.75, 3.05) is 0 Å². The topological polar surface area (TPSA) is 46.2 Å². The zero-order valence-electron chi connectivity index (χ0n) is 9.02. The van der Waals surface area contributed by atoms with Gasteiger partial charge in [-0.3, -0.25) is 0 Å². The number of rotatable bonds is 2. The Morgan fingerprint density at radius 3 is 2.38 bits per heavy atom. The first-order chi connectivity index (χ1) is 7.61. The van der Waals surface area contributed by atoms with Crippen LogP contribution in [0.2, 0.25) is 0 Å². The summed E-state index contributed by atoms with van der Waals surface area (Å²) in [6, 6.07) is 9.65. The van der Waals surface area contributed by atoms with Crippen LogP contribution in [-0.4, -0.2) is 11.1 Å². The Balaban J connectivity index is 2.67. The fraction of sp³-hybridized carbons (Fsp3) is 0.231. The fourth-order valence-corrected chi connectivity index (χ4v) is 1.83. The predicted molar refractivity (Wildman–Crippen MR) is 62.5 cm³/mol. The molecule has 0 amide bonds. The maximum atomic E-state index is 13.5. The highest BCUT2D eigenvalue weighted by molar-refractivity contribution is 5.86. The van der Waals surface area contributed by atoms with Crippen LogP contribution in [0.25, 0.3) is 10.8 Å². The summed E-state index contributed by atoms with van der Waals surface area (Å²) in [7, 11) is 0. The molecule has 0 aliphatic rings. The Morgan fingerprint density at radius 1 is 1.12 bits per heavy atom. The van der Waals surface area contributed by atoms with Crippen LogP contribution in [0.3, 0.4) is 0 Å². The molecule has 0 aliphatic carbocycles. The molecule has 0 spiro atoms. The van der Waals surface area contributed by atoms with Gasteiger partial charge in [0, 0.05) is 11.4 Å². The summed E-state index contributed by atoms with van der Waals surface area (Å²) in [6.07, 6.45) is -0.773. The molecule has 3 heteroatoms. The maximum Gasteiger partial charge on any atom is 0.131 e. The molecule has 0 saturated carbocycles. The molecule has 0 radical (unpaired) electrons. The molecular formula is C13H14FNO. The van der Waals surface area contributed by atoms with Gasteiger partial charge in [0.1, 0.15) is 5.82 Å². The smallest absolute Gasteiger partial charge is 0.131 e. The third-order valence-corrected chi connectivity index (χ3v) is 2.72. The summed E-state index contributed by atoms with van der Waals surface area (Å²) in [6.45, 7) is 1.72. The van der Waals surface area contributed by atoms with Gasteiger partial charge < -0.3 is 10.8 Å². The molecule has 0 fully saturated rings. The average Bonchev–Trinajstić information content (AvgIpc) is 2.29. The summed E-state index contributed by atoms with van der Waals surface area (Å²) in [4.78, 5) is 0. The molecule has 0 bridgehead atoms. The molecular weight excluding hydrogens is 205 g/mol. The van der Waals surface area contributed by atoms with Crippen molar-refractivity contribution in [3.05, 3.63) is 47.8 Å². The van der Waals surface area contributed by atoms with Gasteiger partial charge in [0.15, 0.2) is 0 Å². The molecule has 3 N–H and O–H groups in total. The van der Waals surface area contributed by atoms with Gasteiger partial charge in [-0.05, 0) is 23.9 Å². The number of aliphatic hydroxyl groups excluding tert-OH is 1. The van der Waals surface area contributed by atoms with Crippen LogP contribution in [0.15, 0.2) is 36.4 Å². The zero-order chi connectivity index (χ0) is 11.7. The first-order valence-corrected chi connectivity index (χ1v) is 5.22. The van der Waals surface area contributed by atoms with E-state index in [2.05, 4.69) is 0 Å². The number of hydrogen-bond donors (Lipinski definition) is 2. The van der Waals surface area contributed by atoms with E-state index in [1.165, 1.54) is 6.07 Å². The van der Waals surface area contributed by atoms with Crippen molar-refractivity contribution in [2.45, 2.75) is 19.1 Å². The summed E-state index contributed by atoms with van der Waals surface area (Å²) < 4.78 is 13.5. The molecule has 0 heterocycles. The predicted octanol–water partition coefficient (Wildman–Crippen LogP) is 2.36. The number of benzene rings is 2. The second-order valence-electron chi connectivity index (χ2n) is 3.99. The van der Waals surface area contributed by atoms with Crippen LogP contribution in [0, 0.1) is 5.82 Å². The lowest BCUT2D eigenvalue weighted by atomic mass is 9.97. The Morgan fingerprint density at radius 2 is 1.75 bits per heavy atom. The Kier molecular flexibility index (Phi) is 2.90. The summed E-state index contributed by atoms with van der Waals surface area (Å²) >= 11 is 0. The molecule has 0 unspecified atom stereocenters. The van der Waals surface area contributed by atoms with Gasteiger partial charge in [-0.15, -0.1) is 0 Å². The molecule has 84 valence electrons. The van der Waals surface area contributed by atoms with E-state index in [-0.39, 0.29) is 11.9 Å². The van der Waals surface area contributed by atoms with E-state index >= 15 is 0 Å². The highest BCUT2D eigenvalue weighted by Gasteiger charge is 2.16. The van der Waals surface area contributed by atoms with Crippen molar-refractivity contribution < 1.29 is 9.50 Å². The Hall–Kier alpha value is -1.45. The zero-order valence-corrected chi connectivity index (χ0v) is 9.02. The van der Waals surface area contributed by atoms with Crippen molar-refractivity contribution in [3.8, 4) is 0 Å². The number of nitrogens with two attached hydrogens (primary N) is 1. The van der Waals surface area contributed by atoms with Crippen molar-refractivity contribution in [2.24, 2.45) is 5.73 Å². The third-order valence-electron chi connectivity index (χ3n) is 2.72. The third kappa shape index (κ3) is 1.79. The van der Waals surface area contributed by atoms with Crippen LogP contribution >= 0.6 is 0 Å². The van der Waals surface area contributed by atoms with Gasteiger partial charge in [-0.2, -0.15) is 0 Å². The summed E-state index contributed by atoms with van der Waals surface area (Å²) in [5.74, 6) is -0.281. The largest absolute Gasteiger partial charge is 0.387 e. The number of hydrogen-bond acceptors (Lipinski definition) is 2.